The number of rotatable bonds is 12. The first-order chi connectivity index (χ1) is 19.7. The molecule has 10 heteroatoms. The fourth-order valence-corrected chi connectivity index (χ4v) is 7.08. The molecule has 0 heterocycles. The van der Waals surface area contributed by atoms with Gasteiger partial charge >= 0.3 is 0 Å². The number of hydrogen-bond acceptors (Lipinski definition) is 4. The Morgan fingerprint density at radius 2 is 1.56 bits per heavy atom. The molecule has 1 fully saturated rings. The number of sulfonamides is 1. The van der Waals surface area contributed by atoms with Gasteiger partial charge in [-0.15, -0.1) is 0 Å². The van der Waals surface area contributed by atoms with E-state index < -0.39 is 28.5 Å². The molecule has 0 aromatic heterocycles. The summed E-state index contributed by atoms with van der Waals surface area (Å²) in [7, 11) is -4.22. The van der Waals surface area contributed by atoms with E-state index in [2.05, 4.69) is 5.32 Å². The van der Waals surface area contributed by atoms with Gasteiger partial charge in [0.05, 0.1) is 20.6 Å². The minimum Gasteiger partial charge on any atom is -0.352 e. The second-order valence-corrected chi connectivity index (χ2v) is 12.8. The van der Waals surface area contributed by atoms with Crippen LogP contribution in [0, 0.1) is 0 Å². The average molecular weight is 617 g/mol. The molecule has 1 saturated carbocycles. The standard InChI is InChI=1S/C31H35Cl2N3O4S/c1-2-27(31(38)34-24-14-9-10-15-24)35(21-20-23-12-5-3-6-13-23)29(37)22-36(28-19-11-18-26(32)30(28)33)41(39,40)25-16-7-4-8-17-25/h3-8,11-13,16-19,24,27H,2,9-10,14-15,20-22H2,1H3,(H,34,38)/t27-/m0/s1. The van der Waals surface area contributed by atoms with Crippen molar-refractivity contribution in [2.24, 2.45) is 0 Å². The van der Waals surface area contributed by atoms with Gasteiger partial charge in [-0.1, -0.05) is 97.6 Å². The number of amides is 2. The monoisotopic (exact) mass is 615 g/mol. The molecular weight excluding hydrogens is 581 g/mol. The Morgan fingerprint density at radius 1 is 0.927 bits per heavy atom. The van der Waals surface area contributed by atoms with Crippen molar-refractivity contribution < 1.29 is 18.0 Å². The summed E-state index contributed by atoms with van der Waals surface area (Å²) in [5.74, 6) is -0.732. The second-order valence-electron chi connectivity index (χ2n) is 10.1. The van der Waals surface area contributed by atoms with Crippen molar-refractivity contribution >= 4 is 50.7 Å². The average Bonchev–Trinajstić information content (AvgIpc) is 3.49. The number of anilines is 1. The first-order valence-corrected chi connectivity index (χ1v) is 16.1. The molecule has 1 N–H and O–H groups in total. The van der Waals surface area contributed by atoms with Crippen molar-refractivity contribution in [2.45, 2.75) is 62.4 Å². The maximum Gasteiger partial charge on any atom is 0.264 e. The van der Waals surface area contributed by atoms with E-state index in [4.69, 9.17) is 23.2 Å². The molecule has 4 rings (SSSR count). The lowest BCUT2D eigenvalue weighted by Crippen LogP contribution is -2.54. The quantitative estimate of drug-likeness (QED) is 0.267. The van der Waals surface area contributed by atoms with Crippen LogP contribution in [0.3, 0.4) is 0 Å². The molecule has 0 unspecified atom stereocenters. The van der Waals surface area contributed by atoms with E-state index in [1.807, 2.05) is 37.3 Å². The normalized spacial score (nSPS) is 14.4. The largest absolute Gasteiger partial charge is 0.352 e. The van der Waals surface area contributed by atoms with Crippen LogP contribution >= 0.6 is 23.2 Å². The number of carbonyl (C=O) groups excluding carboxylic acids is 2. The molecule has 0 spiro atoms. The molecule has 0 bridgehead atoms. The maximum absolute atomic E-state index is 14.1. The first kappa shape index (κ1) is 30.9. The van der Waals surface area contributed by atoms with Crippen molar-refractivity contribution in [1.82, 2.24) is 10.2 Å². The Labute approximate surface area is 252 Å². The molecule has 7 nitrogen and oxygen atoms in total. The summed E-state index contributed by atoms with van der Waals surface area (Å²) in [5, 5.41) is 3.30. The predicted molar refractivity (Wildman–Crippen MR) is 164 cm³/mol. The molecule has 3 aromatic rings. The van der Waals surface area contributed by atoms with Gasteiger partial charge in [0.25, 0.3) is 10.0 Å². The summed E-state index contributed by atoms with van der Waals surface area (Å²) in [6.45, 7) is 1.54. The van der Waals surface area contributed by atoms with E-state index in [9.17, 15) is 18.0 Å². The van der Waals surface area contributed by atoms with Crippen LogP contribution in [0.2, 0.25) is 10.0 Å². The fourth-order valence-electron chi connectivity index (χ4n) is 5.18. The van der Waals surface area contributed by atoms with Crippen LogP contribution in [-0.2, 0) is 26.0 Å². The molecule has 1 aliphatic rings. The third-order valence-electron chi connectivity index (χ3n) is 7.38. The van der Waals surface area contributed by atoms with E-state index in [1.54, 1.807) is 30.3 Å². The van der Waals surface area contributed by atoms with Crippen LogP contribution < -0.4 is 9.62 Å². The zero-order valence-corrected chi connectivity index (χ0v) is 25.3. The van der Waals surface area contributed by atoms with Crippen LogP contribution in [0.5, 0.6) is 0 Å². The molecule has 0 radical (unpaired) electrons. The van der Waals surface area contributed by atoms with Gasteiger partial charge in [0.1, 0.15) is 12.6 Å². The summed E-state index contributed by atoms with van der Waals surface area (Å²) in [4.78, 5) is 29.1. The molecule has 41 heavy (non-hydrogen) atoms. The summed E-state index contributed by atoms with van der Waals surface area (Å²) in [6, 6.07) is 21.5. The first-order valence-electron chi connectivity index (χ1n) is 13.9. The summed E-state index contributed by atoms with van der Waals surface area (Å²) >= 11 is 12.8. The van der Waals surface area contributed by atoms with E-state index >= 15 is 0 Å². The molecule has 0 saturated heterocycles. The van der Waals surface area contributed by atoms with E-state index in [-0.39, 0.29) is 39.1 Å². The lowest BCUT2D eigenvalue weighted by molar-refractivity contribution is -0.139. The lowest BCUT2D eigenvalue weighted by Gasteiger charge is -2.34. The van der Waals surface area contributed by atoms with E-state index in [0.717, 1.165) is 35.6 Å². The van der Waals surface area contributed by atoms with Crippen LogP contribution in [0.1, 0.15) is 44.6 Å². The second kappa shape index (κ2) is 14.2. The molecule has 1 atom stereocenters. The highest BCUT2D eigenvalue weighted by atomic mass is 35.5. The Bertz CT molecular complexity index is 1430. The van der Waals surface area contributed by atoms with Crippen LogP contribution in [-0.4, -0.2) is 50.3 Å². The third-order valence-corrected chi connectivity index (χ3v) is 9.96. The number of hydrogen-bond donors (Lipinski definition) is 1. The zero-order valence-electron chi connectivity index (χ0n) is 23.0. The number of benzene rings is 3. The van der Waals surface area contributed by atoms with Gasteiger partial charge < -0.3 is 10.2 Å². The summed E-state index contributed by atoms with van der Waals surface area (Å²) in [5.41, 5.74) is 1.09. The number of halogens is 2. The summed E-state index contributed by atoms with van der Waals surface area (Å²) < 4.78 is 28.8. The fraction of sp³-hybridized carbons (Fsp3) is 0.355. The SMILES string of the molecule is CC[C@@H](C(=O)NC1CCCC1)N(CCc1ccccc1)C(=O)CN(c1cccc(Cl)c1Cl)S(=O)(=O)c1ccccc1. The van der Waals surface area contributed by atoms with Crippen LogP contribution in [0.4, 0.5) is 5.69 Å². The predicted octanol–water partition coefficient (Wildman–Crippen LogP) is 6.10. The Kier molecular flexibility index (Phi) is 10.7. The van der Waals surface area contributed by atoms with Gasteiger partial charge in [-0.2, -0.15) is 0 Å². The Balaban J connectivity index is 1.69. The van der Waals surface area contributed by atoms with Gasteiger partial charge in [-0.25, -0.2) is 8.42 Å². The van der Waals surface area contributed by atoms with Gasteiger partial charge in [0.15, 0.2) is 0 Å². The Morgan fingerprint density at radius 3 is 2.20 bits per heavy atom. The molecule has 2 amide bonds. The van der Waals surface area contributed by atoms with Crippen LogP contribution in [0.15, 0.2) is 83.8 Å². The van der Waals surface area contributed by atoms with Crippen molar-refractivity contribution in [1.29, 1.82) is 0 Å². The van der Waals surface area contributed by atoms with Gasteiger partial charge in [0.2, 0.25) is 11.8 Å². The molecule has 0 aliphatic heterocycles. The van der Waals surface area contributed by atoms with Crippen molar-refractivity contribution in [2.75, 3.05) is 17.4 Å². The van der Waals surface area contributed by atoms with E-state index in [0.29, 0.717) is 12.8 Å². The molecule has 3 aromatic carbocycles. The number of nitrogens with one attached hydrogen (secondary N) is 1. The number of carbonyl (C=O) groups is 2. The van der Waals surface area contributed by atoms with Crippen molar-refractivity contribution in [3.8, 4) is 0 Å². The highest BCUT2D eigenvalue weighted by molar-refractivity contribution is 7.92. The smallest absolute Gasteiger partial charge is 0.264 e. The molecular formula is C31H35Cl2N3O4S. The molecule has 1 aliphatic carbocycles. The van der Waals surface area contributed by atoms with Gasteiger partial charge in [-0.3, -0.25) is 13.9 Å². The minimum absolute atomic E-state index is 0.00527. The summed E-state index contributed by atoms with van der Waals surface area (Å²) in [6.07, 6.45) is 4.83. The van der Waals surface area contributed by atoms with E-state index in [1.165, 1.54) is 23.1 Å². The molecule has 218 valence electrons. The lowest BCUT2D eigenvalue weighted by atomic mass is 10.1. The maximum atomic E-state index is 14.1. The minimum atomic E-state index is -4.22. The third kappa shape index (κ3) is 7.61. The highest BCUT2D eigenvalue weighted by Gasteiger charge is 2.35. The topological polar surface area (TPSA) is 86.8 Å². The van der Waals surface area contributed by atoms with Crippen molar-refractivity contribution in [3.63, 3.8) is 0 Å². The van der Waals surface area contributed by atoms with Crippen molar-refractivity contribution in [3.05, 3.63) is 94.5 Å². The number of nitrogens with zero attached hydrogens (tertiary/aromatic N) is 2. The highest BCUT2D eigenvalue weighted by Crippen LogP contribution is 2.35. The Hall–Kier alpha value is -3.07. The van der Waals surface area contributed by atoms with Crippen LogP contribution in [0.25, 0.3) is 0 Å². The zero-order chi connectivity index (χ0) is 29.4. The van der Waals surface area contributed by atoms with Gasteiger partial charge in [0, 0.05) is 12.6 Å². The van der Waals surface area contributed by atoms with Gasteiger partial charge in [-0.05, 0) is 55.5 Å².